The summed E-state index contributed by atoms with van der Waals surface area (Å²) in [7, 11) is 0. The van der Waals surface area contributed by atoms with E-state index in [2.05, 4.69) is 88.2 Å². The fraction of sp³-hybridized carbons (Fsp3) is 0.115. The number of nitrogens with zero attached hydrogens (tertiary/aromatic N) is 4. The number of rotatable bonds is 4. The summed E-state index contributed by atoms with van der Waals surface area (Å²) in [6.07, 6.45) is 3.46. The maximum atomic E-state index is 4.61. The van der Waals surface area contributed by atoms with Crippen molar-refractivity contribution in [3.05, 3.63) is 103 Å². The molecule has 0 aliphatic carbocycles. The van der Waals surface area contributed by atoms with Gasteiger partial charge < -0.3 is 9.80 Å². The van der Waals surface area contributed by atoms with Gasteiger partial charge in [0.05, 0.1) is 0 Å². The summed E-state index contributed by atoms with van der Waals surface area (Å²) in [6, 6.07) is 28.4. The Morgan fingerprint density at radius 3 is 2.26 bits per heavy atom. The first kappa shape index (κ1) is 21.2. The first-order valence-corrected chi connectivity index (χ1v) is 10.1. The second kappa shape index (κ2) is 9.01. The maximum absolute atomic E-state index is 4.61. The Morgan fingerprint density at radius 1 is 0.839 bits per heavy atom. The molecule has 1 radical (unpaired) electrons. The molecule has 0 spiro atoms. The molecule has 0 atom stereocenters. The molecule has 1 aliphatic rings. The summed E-state index contributed by atoms with van der Waals surface area (Å²) < 4.78 is 0. The van der Waals surface area contributed by atoms with E-state index in [0.29, 0.717) is 5.92 Å². The van der Waals surface area contributed by atoms with Gasteiger partial charge in [-0.15, -0.1) is 24.0 Å². The van der Waals surface area contributed by atoms with Gasteiger partial charge in [-0.05, 0) is 29.2 Å². The van der Waals surface area contributed by atoms with Crippen molar-refractivity contribution in [1.82, 2.24) is 9.97 Å². The average Bonchev–Trinajstić information content (AvgIpc) is 3.19. The predicted molar refractivity (Wildman–Crippen MR) is 122 cm³/mol. The van der Waals surface area contributed by atoms with Crippen LogP contribution in [-0.2, 0) is 20.1 Å². The number of aromatic nitrogens is 2. The molecule has 0 saturated heterocycles. The van der Waals surface area contributed by atoms with Crippen molar-refractivity contribution in [2.45, 2.75) is 19.8 Å². The van der Waals surface area contributed by atoms with E-state index >= 15 is 0 Å². The summed E-state index contributed by atoms with van der Waals surface area (Å²) in [6.45, 7) is 6.49. The third-order valence-corrected chi connectivity index (χ3v) is 5.32. The van der Waals surface area contributed by atoms with E-state index < -0.39 is 0 Å². The first-order chi connectivity index (χ1) is 14.7. The molecule has 0 fully saturated rings. The number of benzene rings is 3. The molecule has 2 heterocycles. The Balaban J connectivity index is 0.00000231. The third-order valence-electron chi connectivity index (χ3n) is 5.32. The first-order valence-electron chi connectivity index (χ1n) is 10.1. The largest absolute Gasteiger partial charge is 0.477 e. The van der Waals surface area contributed by atoms with E-state index in [1.807, 2.05) is 30.9 Å². The second-order valence-corrected chi connectivity index (χ2v) is 7.60. The van der Waals surface area contributed by atoms with Gasteiger partial charge in [-0.3, -0.25) is 0 Å². The minimum Gasteiger partial charge on any atom is -0.477 e. The Kier molecular flexibility index (Phi) is 6.17. The van der Waals surface area contributed by atoms with Crippen molar-refractivity contribution in [2.24, 2.45) is 0 Å². The van der Waals surface area contributed by atoms with Gasteiger partial charge in [0.15, 0.2) is 0 Å². The molecule has 31 heavy (non-hydrogen) atoms. The van der Waals surface area contributed by atoms with Crippen LogP contribution < -0.4 is 9.80 Å². The zero-order valence-corrected chi connectivity index (χ0v) is 19.8. The SMILES string of the molecule is CC(C)c1ccccc1-c1cc[c-]c(N2[CH-]N(c3ccccc3)c3nccnc32)c1.[Ir]. The average molecular weight is 583 g/mol. The normalized spacial score (nSPS) is 12.6. The molecular weight excluding hydrogens is 561 g/mol. The summed E-state index contributed by atoms with van der Waals surface area (Å²) in [5, 5.41) is 0. The quantitative estimate of drug-likeness (QED) is 0.258. The van der Waals surface area contributed by atoms with Crippen LogP contribution in [0.1, 0.15) is 25.3 Å². The van der Waals surface area contributed by atoms with E-state index in [0.717, 1.165) is 23.0 Å². The molecule has 0 unspecified atom stereocenters. The van der Waals surface area contributed by atoms with Gasteiger partial charge in [0.2, 0.25) is 0 Å². The van der Waals surface area contributed by atoms with Crippen LogP contribution in [-0.4, -0.2) is 9.97 Å². The van der Waals surface area contributed by atoms with E-state index in [4.69, 9.17) is 0 Å². The van der Waals surface area contributed by atoms with Crippen LogP contribution in [0.4, 0.5) is 23.0 Å². The Hall–Kier alpha value is -3.01. The van der Waals surface area contributed by atoms with Crippen LogP contribution in [0.2, 0.25) is 0 Å². The number of para-hydroxylation sites is 1. The Bertz CT molecular complexity index is 1180. The molecule has 0 N–H and O–H groups in total. The van der Waals surface area contributed by atoms with Crippen LogP contribution in [0.25, 0.3) is 11.1 Å². The molecule has 0 amide bonds. The van der Waals surface area contributed by atoms with Crippen molar-refractivity contribution in [3.63, 3.8) is 0 Å². The molecule has 0 bridgehead atoms. The molecular formula is C26H22IrN4-2. The standard InChI is InChI=1S/C26H22N4.Ir/c1-19(2)23-13-6-7-14-24(23)20-9-8-12-22(17-20)30-18-29(21-10-4-3-5-11-21)25-26(30)28-16-15-27-25;/h3-11,13-19H,1-2H3;/q-2;. The van der Waals surface area contributed by atoms with Gasteiger partial charge in [0.25, 0.3) is 0 Å². The van der Waals surface area contributed by atoms with Gasteiger partial charge >= 0.3 is 0 Å². The molecule has 4 aromatic rings. The molecule has 1 aromatic heterocycles. The van der Waals surface area contributed by atoms with Gasteiger partial charge in [-0.2, -0.15) is 18.2 Å². The molecule has 3 aromatic carbocycles. The smallest absolute Gasteiger partial charge is 0.145 e. The van der Waals surface area contributed by atoms with Crippen molar-refractivity contribution in [3.8, 4) is 11.1 Å². The zero-order valence-electron chi connectivity index (χ0n) is 17.4. The van der Waals surface area contributed by atoms with Crippen LogP contribution in [0.15, 0.2) is 85.2 Å². The van der Waals surface area contributed by atoms with Crippen molar-refractivity contribution >= 4 is 23.0 Å². The number of anilines is 4. The topological polar surface area (TPSA) is 32.3 Å². The maximum Gasteiger partial charge on any atom is 0.145 e. The third kappa shape index (κ3) is 3.99. The van der Waals surface area contributed by atoms with Crippen LogP contribution >= 0.6 is 0 Å². The van der Waals surface area contributed by atoms with Crippen LogP contribution in [0.3, 0.4) is 0 Å². The van der Waals surface area contributed by atoms with Gasteiger partial charge in [0, 0.05) is 38.2 Å². The second-order valence-electron chi connectivity index (χ2n) is 7.60. The zero-order chi connectivity index (χ0) is 20.5. The van der Waals surface area contributed by atoms with Crippen LogP contribution in [0.5, 0.6) is 0 Å². The predicted octanol–water partition coefficient (Wildman–Crippen LogP) is 6.47. The molecule has 5 heteroatoms. The summed E-state index contributed by atoms with van der Waals surface area (Å²) in [5.74, 6) is 2.06. The molecule has 157 valence electrons. The molecule has 1 aliphatic heterocycles. The Morgan fingerprint density at radius 2 is 1.52 bits per heavy atom. The van der Waals surface area contributed by atoms with Crippen LogP contribution in [0, 0.1) is 12.7 Å². The molecule has 4 nitrogen and oxygen atoms in total. The summed E-state index contributed by atoms with van der Waals surface area (Å²) in [4.78, 5) is 13.3. The fourth-order valence-electron chi connectivity index (χ4n) is 3.87. The van der Waals surface area contributed by atoms with Gasteiger partial charge in [-0.1, -0.05) is 56.3 Å². The number of hydrogen-bond acceptors (Lipinski definition) is 4. The van der Waals surface area contributed by atoms with E-state index in [1.165, 1.54) is 16.7 Å². The Labute approximate surface area is 196 Å². The minimum absolute atomic E-state index is 0. The van der Waals surface area contributed by atoms with E-state index in [9.17, 15) is 0 Å². The van der Waals surface area contributed by atoms with E-state index in [1.54, 1.807) is 12.4 Å². The summed E-state index contributed by atoms with van der Waals surface area (Å²) >= 11 is 0. The molecule has 0 saturated carbocycles. The van der Waals surface area contributed by atoms with Crippen molar-refractivity contribution in [2.75, 3.05) is 9.80 Å². The minimum atomic E-state index is 0. The molecule has 5 rings (SSSR count). The van der Waals surface area contributed by atoms with Crippen molar-refractivity contribution < 1.29 is 20.1 Å². The number of hydrogen-bond donors (Lipinski definition) is 0. The number of fused-ring (bicyclic) bond motifs is 1. The van der Waals surface area contributed by atoms with Gasteiger partial charge in [-0.25, -0.2) is 9.97 Å². The monoisotopic (exact) mass is 583 g/mol. The van der Waals surface area contributed by atoms with Gasteiger partial charge in [0.1, 0.15) is 11.6 Å². The van der Waals surface area contributed by atoms with E-state index in [-0.39, 0.29) is 20.1 Å². The summed E-state index contributed by atoms with van der Waals surface area (Å²) in [5.41, 5.74) is 5.74. The fourth-order valence-corrected chi connectivity index (χ4v) is 3.87. The van der Waals surface area contributed by atoms with Crippen molar-refractivity contribution in [1.29, 1.82) is 0 Å².